The van der Waals surface area contributed by atoms with E-state index in [1.54, 1.807) is 0 Å². The fourth-order valence-electron chi connectivity index (χ4n) is 2.57. The first kappa shape index (κ1) is 16.3. The molecule has 1 unspecified atom stereocenters. The highest BCUT2D eigenvalue weighted by Gasteiger charge is 2.31. The first-order valence-electron chi connectivity index (χ1n) is 7.54. The van der Waals surface area contributed by atoms with Crippen molar-refractivity contribution in [2.24, 2.45) is 5.73 Å². The minimum atomic E-state index is -0.391. The molecule has 22 heavy (non-hydrogen) atoms. The summed E-state index contributed by atoms with van der Waals surface area (Å²) in [5.41, 5.74) is 6.11. The van der Waals surface area contributed by atoms with E-state index in [2.05, 4.69) is 10.6 Å². The number of alkyl carbamates (subject to hydrolysis) is 1. The third kappa shape index (κ3) is 5.37. The van der Waals surface area contributed by atoms with E-state index < -0.39 is 6.09 Å². The van der Waals surface area contributed by atoms with Gasteiger partial charge >= 0.3 is 6.09 Å². The normalized spacial score (nSPS) is 21.5. The minimum Gasteiger partial charge on any atom is -0.445 e. The molecule has 0 heterocycles. The number of nitrogens with two attached hydrogens (primary N) is 1. The van der Waals surface area contributed by atoms with Gasteiger partial charge in [0.2, 0.25) is 5.91 Å². The van der Waals surface area contributed by atoms with Crippen molar-refractivity contribution in [3.05, 3.63) is 35.9 Å². The smallest absolute Gasteiger partial charge is 0.407 e. The summed E-state index contributed by atoms with van der Waals surface area (Å²) in [6.07, 6.45) is 1.61. The molecule has 0 bridgehead atoms. The van der Waals surface area contributed by atoms with Gasteiger partial charge in [0.05, 0.1) is 0 Å². The van der Waals surface area contributed by atoms with E-state index in [0.29, 0.717) is 12.5 Å². The van der Waals surface area contributed by atoms with Crippen molar-refractivity contribution in [3.63, 3.8) is 0 Å². The monoisotopic (exact) mass is 305 g/mol. The summed E-state index contributed by atoms with van der Waals surface area (Å²) in [4.78, 5) is 22.5. The van der Waals surface area contributed by atoms with Crippen molar-refractivity contribution >= 4 is 12.0 Å². The van der Waals surface area contributed by atoms with Crippen molar-refractivity contribution in [1.29, 1.82) is 0 Å². The van der Waals surface area contributed by atoms with E-state index in [0.717, 1.165) is 18.4 Å². The van der Waals surface area contributed by atoms with Crippen LogP contribution < -0.4 is 16.4 Å². The molecule has 2 rings (SSSR count). The number of nitrogens with one attached hydrogen (secondary N) is 2. The second-order valence-corrected chi connectivity index (χ2v) is 5.81. The Morgan fingerprint density at radius 2 is 1.95 bits per heavy atom. The van der Waals surface area contributed by atoms with Crippen LogP contribution in [0.3, 0.4) is 0 Å². The molecule has 0 aliphatic heterocycles. The number of rotatable bonds is 7. The fraction of sp³-hybridized carbons (Fsp3) is 0.500. The number of amides is 2. The van der Waals surface area contributed by atoms with Crippen LogP contribution in [0.2, 0.25) is 0 Å². The van der Waals surface area contributed by atoms with Gasteiger partial charge in [-0.3, -0.25) is 4.79 Å². The summed E-state index contributed by atoms with van der Waals surface area (Å²) in [6, 6.07) is 10.1. The van der Waals surface area contributed by atoms with Crippen LogP contribution in [0.25, 0.3) is 0 Å². The van der Waals surface area contributed by atoms with Gasteiger partial charge in [0.25, 0.3) is 0 Å². The molecule has 1 atom stereocenters. The van der Waals surface area contributed by atoms with Gasteiger partial charge in [0, 0.05) is 24.5 Å². The molecule has 1 aliphatic carbocycles. The Morgan fingerprint density at radius 1 is 1.27 bits per heavy atom. The summed E-state index contributed by atoms with van der Waals surface area (Å²) >= 11 is 0. The lowest BCUT2D eigenvalue weighted by molar-refractivity contribution is -0.118. The molecule has 0 saturated heterocycles. The summed E-state index contributed by atoms with van der Waals surface area (Å²) < 4.78 is 5.17. The molecule has 0 radical (unpaired) electrons. The van der Waals surface area contributed by atoms with Gasteiger partial charge in [-0.25, -0.2) is 4.79 Å². The highest BCUT2D eigenvalue weighted by molar-refractivity contribution is 5.74. The maximum absolute atomic E-state index is 11.7. The third-order valence-electron chi connectivity index (χ3n) is 3.70. The van der Waals surface area contributed by atoms with Crippen LogP contribution in [0, 0.1) is 0 Å². The van der Waals surface area contributed by atoms with Gasteiger partial charge in [-0.2, -0.15) is 0 Å². The van der Waals surface area contributed by atoms with Crippen molar-refractivity contribution in [2.75, 3.05) is 0 Å². The molecule has 2 amide bonds. The third-order valence-corrected chi connectivity index (χ3v) is 3.70. The predicted octanol–water partition coefficient (Wildman–Crippen LogP) is 1.30. The maximum Gasteiger partial charge on any atom is 0.407 e. The van der Waals surface area contributed by atoms with Crippen LogP contribution in [0.5, 0.6) is 0 Å². The summed E-state index contributed by atoms with van der Waals surface area (Å²) in [5.74, 6) is -0.307. The number of benzene rings is 1. The zero-order valence-corrected chi connectivity index (χ0v) is 12.7. The maximum atomic E-state index is 11.7. The summed E-state index contributed by atoms with van der Waals surface area (Å²) in [7, 11) is 0. The molecule has 1 fully saturated rings. The highest BCUT2D eigenvalue weighted by Crippen LogP contribution is 2.21. The Balaban J connectivity index is 1.59. The van der Waals surface area contributed by atoms with Crippen LogP contribution >= 0.6 is 0 Å². The predicted molar refractivity (Wildman–Crippen MR) is 83.0 cm³/mol. The fourth-order valence-corrected chi connectivity index (χ4v) is 2.57. The molecule has 1 aliphatic rings. The number of ether oxygens (including phenoxy) is 1. The lowest BCUT2D eigenvalue weighted by Gasteiger charge is -2.37. The van der Waals surface area contributed by atoms with Crippen molar-refractivity contribution in [1.82, 2.24) is 10.6 Å². The Labute approximate surface area is 130 Å². The Bertz CT molecular complexity index is 501. The number of carbonyl (C=O) groups is 2. The molecule has 120 valence electrons. The molecule has 1 aromatic rings. The Morgan fingerprint density at radius 3 is 2.59 bits per heavy atom. The van der Waals surface area contributed by atoms with E-state index >= 15 is 0 Å². The highest BCUT2D eigenvalue weighted by atomic mass is 16.5. The second-order valence-electron chi connectivity index (χ2n) is 5.81. The average molecular weight is 305 g/mol. The lowest BCUT2D eigenvalue weighted by Crippen LogP contribution is -2.54. The van der Waals surface area contributed by atoms with E-state index in [-0.39, 0.29) is 24.6 Å². The standard InChI is InChI=1S/C16H23N3O3/c1-11(7-15(17)20)18-13-8-14(9-13)19-16(21)22-10-12-5-3-2-4-6-12/h2-6,11,13-14,18H,7-10H2,1H3,(H2,17,20)(H,19,21). The first-order valence-corrected chi connectivity index (χ1v) is 7.54. The molecule has 1 saturated carbocycles. The van der Waals surface area contributed by atoms with Crippen LogP contribution in [-0.4, -0.2) is 30.1 Å². The zero-order valence-electron chi connectivity index (χ0n) is 12.7. The van der Waals surface area contributed by atoms with Crippen molar-refractivity contribution in [2.45, 2.75) is 50.9 Å². The van der Waals surface area contributed by atoms with Gasteiger partial charge in [0.1, 0.15) is 6.61 Å². The van der Waals surface area contributed by atoms with E-state index in [1.165, 1.54) is 0 Å². The number of primary amides is 1. The quantitative estimate of drug-likeness (QED) is 0.708. The zero-order chi connectivity index (χ0) is 15.9. The van der Waals surface area contributed by atoms with Crippen LogP contribution in [0.15, 0.2) is 30.3 Å². The van der Waals surface area contributed by atoms with Crippen LogP contribution in [0.4, 0.5) is 4.79 Å². The van der Waals surface area contributed by atoms with Crippen LogP contribution in [-0.2, 0) is 16.1 Å². The van der Waals surface area contributed by atoms with E-state index in [4.69, 9.17) is 10.5 Å². The number of hydrogen-bond acceptors (Lipinski definition) is 4. The lowest BCUT2D eigenvalue weighted by atomic mass is 9.86. The van der Waals surface area contributed by atoms with Gasteiger partial charge in [-0.05, 0) is 25.3 Å². The van der Waals surface area contributed by atoms with Gasteiger partial charge < -0.3 is 21.1 Å². The first-order chi connectivity index (χ1) is 10.5. The average Bonchev–Trinajstić information content (AvgIpc) is 2.43. The SMILES string of the molecule is CC(CC(N)=O)NC1CC(NC(=O)OCc2ccccc2)C1. The number of carbonyl (C=O) groups excluding carboxylic acids is 2. The number of hydrogen-bond donors (Lipinski definition) is 3. The molecule has 6 nitrogen and oxygen atoms in total. The molecule has 0 spiro atoms. The van der Waals surface area contributed by atoms with Gasteiger partial charge in [-0.1, -0.05) is 30.3 Å². The summed E-state index contributed by atoms with van der Waals surface area (Å²) in [6.45, 7) is 2.20. The topological polar surface area (TPSA) is 93.5 Å². The molecule has 1 aromatic carbocycles. The molecular weight excluding hydrogens is 282 g/mol. The van der Waals surface area contributed by atoms with Crippen molar-refractivity contribution < 1.29 is 14.3 Å². The Hall–Kier alpha value is -2.08. The summed E-state index contributed by atoms with van der Waals surface area (Å²) in [5, 5.41) is 6.15. The molecular formula is C16H23N3O3. The molecule has 4 N–H and O–H groups in total. The largest absolute Gasteiger partial charge is 0.445 e. The van der Waals surface area contributed by atoms with Gasteiger partial charge in [-0.15, -0.1) is 0 Å². The molecule has 0 aromatic heterocycles. The van der Waals surface area contributed by atoms with Crippen molar-refractivity contribution in [3.8, 4) is 0 Å². The van der Waals surface area contributed by atoms with E-state index in [1.807, 2.05) is 37.3 Å². The molecule has 6 heteroatoms. The Kier molecular flexibility index (Phi) is 5.77. The second kappa shape index (κ2) is 7.79. The minimum absolute atomic E-state index is 0.0634. The van der Waals surface area contributed by atoms with Crippen LogP contribution in [0.1, 0.15) is 31.7 Å². The van der Waals surface area contributed by atoms with Gasteiger partial charge in [0.15, 0.2) is 0 Å². The van der Waals surface area contributed by atoms with E-state index in [9.17, 15) is 9.59 Å².